The van der Waals surface area contributed by atoms with E-state index >= 15 is 0 Å². The summed E-state index contributed by atoms with van der Waals surface area (Å²) in [6.07, 6.45) is 5.73. The second-order valence-corrected chi connectivity index (χ2v) is 5.70. The molecule has 0 saturated heterocycles. The summed E-state index contributed by atoms with van der Waals surface area (Å²) in [6.45, 7) is 11.1. The maximum atomic E-state index is 9.50. The highest BCUT2D eigenvalue weighted by Gasteiger charge is 2.22. The molecule has 0 aromatic heterocycles. The SMILES string of the molecule is CCCNC(C)(CO)CCCN(C)C(CC)CC. The van der Waals surface area contributed by atoms with Crippen molar-refractivity contribution in [3.63, 3.8) is 0 Å². The van der Waals surface area contributed by atoms with E-state index in [1.54, 1.807) is 0 Å². The monoisotopic (exact) mass is 258 g/mol. The lowest BCUT2D eigenvalue weighted by Gasteiger charge is -2.31. The van der Waals surface area contributed by atoms with Crippen molar-refractivity contribution in [2.75, 3.05) is 26.7 Å². The van der Waals surface area contributed by atoms with Crippen molar-refractivity contribution < 1.29 is 5.11 Å². The van der Waals surface area contributed by atoms with Crippen LogP contribution >= 0.6 is 0 Å². The molecule has 0 aliphatic rings. The zero-order valence-electron chi connectivity index (χ0n) is 13.1. The predicted octanol–water partition coefficient (Wildman–Crippen LogP) is 2.64. The quantitative estimate of drug-likeness (QED) is 0.598. The second-order valence-electron chi connectivity index (χ2n) is 5.70. The molecule has 18 heavy (non-hydrogen) atoms. The molecule has 0 radical (unpaired) electrons. The first-order valence-electron chi connectivity index (χ1n) is 7.59. The van der Waals surface area contributed by atoms with E-state index < -0.39 is 0 Å². The van der Waals surface area contributed by atoms with Gasteiger partial charge < -0.3 is 15.3 Å². The van der Waals surface area contributed by atoms with E-state index in [-0.39, 0.29) is 12.1 Å². The number of nitrogens with one attached hydrogen (secondary N) is 1. The van der Waals surface area contributed by atoms with Crippen molar-refractivity contribution >= 4 is 0 Å². The molecule has 0 fully saturated rings. The molecule has 0 aliphatic carbocycles. The first kappa shape index (κ1) is 17.9. The van der Waals surface area contributed by atoms with Crippen molar-refractivity contribution in [3.05, 3.63) is 0 Å². The van der Waals surface area contributed by atoms with Crippen molar-refractivity contribution in [1.29, 1.82) is 0 Å². The van der Waals surface area contributed by atoms with E-state index in [1.807, 2.05) is 0 Å². The molecule has 0 rings (SSSR count). The van der Waals surface area contributed by atoms with Crippen LogP contribution in [0.25, 0.3) is 0 Å². The van der Waals surface area contributed by atoms with Gasteiger partial charge in [0.05, 0.1) is 6.61 Å². The molecule has 0 aromatic rings. The van der Waals surface area contributed by atoms with Gasteiger partial charge in [0.2, 0.25) is 0 Å². The van der Waals surface area contributed by atoms with Crippen LogP contribution in [0.1, 0.15) is 59.8 Å². The third kappa shape index (κ3) is 6.72. The molecule has 0 heterocycles. The maximum Gasteiger partial charge on any atom is 0.0610 e. The molecule has 0 saturated carbocycles. The molecule has 2 N–H and O–H groups in total. The molecule has 110 valence electrons. The Hall–Kier alpha value is -0.120. The average molecular weight is 258 g/mol. The molecule has 0 aliphatic heterocycles. The van der Waals surface area contributed by atoms with Gasteiger partial charge in [0, 0.05) is 11.6 Å². The first-order valence-corrected chi connectivity index (χ1v) is 7.59. The third-order valence-corrected chi connectivity index (χ3v) is 3.96. The Bertz CT molecular complexity index is 195. The zero-order valence-corrected chi connectivity index (χ0v) is 13.1. The smallest absolute Gasteiger partial charge is 0.0610 e. The minimum absolute atomic E-state index is 0.106. The van der Waals surface area contributed by atoms with E-state index in [9.17, 15) is 5.11 Å². The lowest BCUT2D eigenvalue weighted by Crippen LogP contribution is -2.46. The molecule has 1 atom stereocenters. The Morgan fingerprint density at radius 1 is 1.22 bits per heavy atom. The standard InChI is InChI=1S/C15H34N2O/c1-6-11-16-15(4,13-18)10-9-12-17(5)14(7-2)8-3/h14,16,18H,6-13H2,1-5H3. The molecule has 0 amide bonds. The van der Waals surface area contributed by atoms with Crippen molar-refractivity contribution in [2.24, 2.45) is 0 Å². The summed E-state index contributed by atoms with van der Waals surface area (Å²) in [5.74, 6) is 0. The van der Waals surface area contributed by atoms with Crippen molar-refractivity contribution in [3.8, 4) is 0 Å². The minimum Gasteiger partial charge on any atom is -0.394 e. The lowest BCUT2D eigenvalue weighted by atomic mass is 9.96. The Morgan fingerprint density at radius 3 is 2.28 bits per heavy atom. The molecule has 1 unspecified atom stereocenters. The maximum absolute atomic E-state index is 9.50. The summed E-state index contributed by atoms with van der Waals surface area (Å²) in [5.41, 5.74) is -0.106. The van der Waals surface area contributed by atoms with Crippen molar-refractivity contribution in [1.82, 2.24) is 10.2 Å². The van der Waals surface area contributed by atoms with E-state index in [1.165, 1.54) is 12.8 Å². The van der Waals surface area contributed by atoms with Gasteiger partial charge in [0.1, 0.15) is 0 Å². The number of nitrogens with zero attached hydrogens (tertiary/aromatic N) is 1. The fourth-order valence-electron chi connectivity index (χ4n) is 2.46. The number of aliphatic hydroxyl groups excluding tert-OH is 1. The van der Waals surface area contributed by atoms with Crippen LogP contribution in [-0.4, -0.2) is 48.3 Å². The Balaban J connectivity index is 3.98. The van der Waals surface area contributed by atoms with Gasteiger partial charge in [-0.1, -0.05) is 20.8 Å². The Labute approximate surface area is 114 Å². The Kier molecular flexibility index (Phi) is 9.70. The van der Waals surface area contributed by atoms with Crippen molar-refractivity contribution in [2.45, 2.75) is 71.4 Å². The topological polar surface area (TPSA) is 35.5 Å². The summed E-state index contributed by atoms with van der Waals surface area (Å²) in [6, 6.07) is 0.703. The fraction of sp³-hybridized carbons (Fsp3) is 1.00. The predicted molar refractivity (Wildman–Crippen MR) is 80.0 cm³/mol. The largest absolute Gasteiger partial charge is 0.394 e. The summed E-state index contributed by atoms with van der Waals surface area (Å²) in [7, 11) is 2.22. The summed E-state index contributed by atoms with van der Waals surface area (Å²) >= 11 is 0. The second kappa shape index (κ2) is 9.76. The highest BCUT2D eigenvalue weighted by molar-refractivity contribution is 4.82. The number of aliphatic hydroxyl groups is 1. The van der Waals surface area contributed by atoms with E-state index in [0.29, 0.717) is 6.04 Å². The highest BCUT2D eigenvalue weighted by atomic mass is 16.3. The van der Waals surface area contributed by atoms with Gasteiger partial charge in [-0.15, -0.1) is 0 Å². The molecule has 3 nitrogen and oxygen atoms in total. The fourth-order valence-corrected chi connectivity index (χ4v) is 2.46. The molecular weight excluding hydrogens is 224 g/mol. The van der Waals surface area contributed by atoms with Crippen LogP contribution in [0.4, 0.5) is 0 Å². The highest BCUT2D eigenvalue weighted by Crippen LogP contribution is 2.14. The van der Waals surface area contributed by atoms with Crippen LogP contribution in [0.5, 0.6) is 0 Å². The summed E-state index contributed by atoms with van der Waals surface area (Å²) < 4.78 is 0. The normalized spacial score (nSPS) is 15.3. The molecular formula is C15H34N2O. The minimum atomic E-state index is -0.106. The molecule has 0 bridgehead atoms. The van der Waals surface area contributed by atoms with Crippen LogP contribution < -0.4 is 5.32 Å². The summed E-state index contributed by atoms with van der Waals surface area (Å²) in [5, 5.41) is 13.0. The first-order chi connectivity index (χ1) is 8.52. The van der Waals surface area contributed by atoms with E-state index in [2.05, 4.69) is 45.0 Å². The van der Waals surface area contributed by atoms with Crippen LogP contribution in [0.15, 0.2) is 0 Å². The lowest BCUT2D eigenvalue weighted by molar-refractivity contribution is 0.152. The van der Waals surface area contributed by atoms with Gasteiger partial charge in [-0.05, 0) is 59.2 Å². The van der Waals surface area contributed by atoms with Crippen LogP contribution in [0.3, 0.4) is 0 Å². The van der Waals surface area contributed by atoms with Gasteiger partial charge in [-0.3, -0.25) is 0 Å². The van der Waals surface area contributed by atoms with Gasteiger partial charge >= 0.3 is 0 Å². The van der Waals surface area contributed by atoms with Gasteiger partial charge in [-0.25, -0.2) is 0 Å². The molecule has 0 spiro atoms. The third-order valence-electron chi connectivity index (χ3n) is 3.96. The van der Waals surface area contributed by atoms with Gasteiger partial charge in [0.25, 0.3) is 0 Å². The number of hydrogen-bond donors (Lipinski definition) is 2. The molecule has 0 aromatic carbocycles. The molecule has 3 heteroatoms. The van der Waals surface area contributed by atoms with Crippen LogP contribution in [0, 0.1) is 0 Å². The van der Waals surface area contributed by atoms with Crippen LogP contribution in [0.2, 0.25) is 0 Å². The number of rotatable bonds is 11. The van der Waals surface area contributed by atoms with Crippen LogP contribution in [-0.2, 0) is 0 Å². The summed E-state index contributed by atoms with van der Waals surface area (Å²) in [4.78, 5) is 2.46. The zero-order chi connectivity index (χ0) is 14.0. The van der Waals surface area contributed by atoms with Gasteiger partial charge in [0.15, 0.2) is 0 Å². The van der Waals surface area contributed by atoms with Gasteiger partial charge in [-0.2, -0.15) is 0 Å². The Morgan fingerprint density at radius 2 is 1.83 bits per heavy atom. The average Bonchev–Trinajstić information content (AvgIpc) is 2.38. The number of hydrogen-bond acceptors (Lipinski definition) is 3. The van der Waals surface area contributed by atoms with E-state index in [4.69, 9.17) is 0 Å². The van der Waals surface area contributed by atoms with E-state index in [0.717, 1.165) is 32.4 Å².